The molecule has 5 heteroatoms. The summed E-state index contributed by atoms with van der Waals surface area (Å²) in [4.78, 5) is 4.37. The first-order valence-corrected chi connectivity index (χ1v) is 7.05. The fourth-order valence-corrected chi connectivity index (χ4v) is 2.61. The summed E-state index contributed by atoms with van der Waals surface area (Å²) in [5.74, 6) is 0.640. The van der Waals surface area contributed by atoms with E-state index in [1.807, 2.05) is 24.3 Å². The number of phenols is 1. The lowest BCUT2D eigenvalue weighted by Crippen LogP contribution is -2.03. The number of pyridine rings is 1. The molecule has 0 amide bonds. The van der Waals surface area contributed by atoms with Crippen LogP contribution in [0.15, 0.2) is 70.4 Å². The molecule has 0 unspecified atom stereocenters. The van der Waals surface area contributed by atoms with E-state index < -0.39 is 0 Å². The molecule has 0 aliphatic carbocycles. The average molecular weight is 304 g/mol. The molecule has 4 rings (SSSR count). The highest BCUT2D eigenvalue weighted by atomic mass is 16.4. The predicted molar refractivity (Wildman–Crippen MR) is 86.0 cm³/mol. The van der Waals surface area contributed by atoms with E-state index >= 15 is 0 Å². The zero-order valence-electron chi connectivity index (χ0n) is 12.0. The Kier molecular flexibility index (Phi) is 2.98. The van der Waals surface area contributed by atoms with Gasteiger partial charge in [-0.05, 0) is 24.3 Å². The Hall–Kier alpha value is -3.34. The summed E-state index contributed by atoms with van der Waals surface area (Å²) in [6.45, 7) is 0. The molecule has 23 heavy (non-hydrogen) atoms. The number of hydrogen-bond donors (Lipinski definition) is 2. The van der Waals surface area contributed by atoms with Crippen molar-refractivity contribution in [3.05, 3.63) is 66.2 Å². The van der Waals surface area contributed by atoms with Crippen molar-refractivity contribution in [2.75, 3.05) is 0 Å². The molecule has 0 atom stereocenters. The van der Waals surface area contributed by atoms with Crippen molar-refractivity contribution in [2.24, 2.45) is 5.16 Å². The van der Waals surface area contributed by atoms with E-state index in [0.29, 0.717) is 33.2 Å². The van der Waals surface area contributed by atoms with Gasteiger partial charge in [-0.1, -0.05) is 29.4 Å². The van der Waals surface area contributed by atoms with E-state index in [0.717, 1.165) is 5.39 Å². The van der Waals surface area contributed by atoms with Gasteiger partial charge in [0.05, 0.1) is 0 Å². The molecule has 0 spiro atoms. The van der Waals surface area contributed by atoms with E-state index in [1.54, 1.807) is 36.5 Å². The Labute approximate surface area is 130 Å². The van der Waals surface area contributed by atoms with Crippen molar-refractivity contribution < 1.29 is 14.7 Å². The van der Waals surface area contributed by atoms with Gasteiger partial charge in [-0.3, -0.25) is 4.98 Å². The second-order valence-electron chi connectivity index (χ2n) is 5.16. The van der Waals surface area contributed by atoms with Crippen LogP contribution in [0.4, 0.5) is 0 Å². The molecule has 0 bridgehead atoms. The van der Waals surface area contributed by atoms with Crippen molar-refractivity contribution in [1.82, 2.24) is 4.98 Å². The number of fused-ring (bicyclic) bond motifs is 2. The smallest absolute Gasteiger partial charge is 0.155 e. The van der Waals surface area contributed by atoms with Gasteiger partial charge in [0, 0.05) is 28.4 Å². The lowest BCUT2D eigenvalue weighted by atomic mass is 10.1. The molecule has 112 valence electrons. The number of benzene rings is 2. The van der Waals surface area contributed by atoms with E-state index in [1.165, 1.54) is 0 Å². The lowest BCUT2D eigenvalue weighted by molar-refractivity contribution is 0.302. The molecule has 4 aromatic rings. The molecule has 0 fully saturated rings. The third-order valence-electron chi connectivity index (χ3n) is 3.75. The zero-order valence-corrected chi connectivity index (χ0v) is 12.0. The maximum atomic E-state index is 10.00. The number of hydrogen-bond acceptors (Lipinski definition) is 5. The Bertz CT molecular complexity index is 1100. The minimum Gasteiger partial charge on any atom is -0.507 e. The van der Waals surface area contributed by atoms with Crippen LogP contribution >= 0.6 is 0 Å². The van der Waals surface area contributed by atoms with Crippen LogP contribution in [-0.4, -0.2) is 15.3 Å². The van der Waals surface area contributed by atoms with E-state index in [4.69, 9.17) is 4.42 Å². The van der Waals surface area contributed by atoms with Crippen LogP contribution in [0.25, 0.3) is 33.2 Å². The monoisotopic (exact) mass is 304 g/mol. The summed E-state index contributed by atoms with van der Waals surface area (Å²) in [6, 6.07) is 15.9. The fourth-order valence-electron chi connectivity index (χ4n) is 2.61. The van der Waals surface area contributed by atoms with Gasteiger partial charge in [-0.25, -0.2) is 0 Å². The number of phenolic OH excluding ortho intramolecular Hbond substituents is 1. The number of nitrogens with zero attached hydrogens (tertiary/aromatic N) is 2. The van der Waals surface area contributed by atoms with Gasteiger partial charge in [0.25, 0.3) is 0 Å². The summed E-state index contributed by atoms with van der Waals surface area (Å²) >= 11 is 0. The van der Waals surface area contributed by atoms with Gasteiger partial charge < -0.3 is 14.7 Å². The molecule has 0 aliphatic rings. The second kappa shape index (κ2) is 5.14. The molecule has 0 saturated heterocycles. The van der Waals surface area contributed by atoms with Crippen LogP contribution in [-0.2, 0) is 0 Å². The Morgan fingerprint density at radius 3 is 2.70 bits per heavy atom. The number of para-hydroxylation sites is 1. The zero-order chi connectivity index (χ0) is 15.8. The predicted octanol–water partition coefficient (Wildman–Crippen LogP) is 3.64. The lowest BCUT2D eigenvalue weighted by Gasteiger charge is -2.06. The molecule has 2 heterocycles. The highest BCUT2D eigenvalue weighted by molar-refractivity contribution is 5.90. The molecular formula is C18H12N2O3. The van der Waals surface area contributed by atoms with Gasteiger partial charge in [-0.2, -0.15) is 0 Å². The van der Waals surface area contributed by atoms with Crippen molar-refractivity contribution in [3.63, 3.8) is 0 Å². The second-order valence-corrected chi connectivity index (χ2v) is 5.16. The van der Waals surface area contributed by atoms with Crippen molar-refractivity contribution in [2.45, 2.75) is 0 Å². The Morgan fingerprint density at radius 1 is 0.957 bits per heavy atom. The van der Waals surface area contributed by atoms with Crippen LogP contribution in [0.3, 0.4) is 0 Å². The SMILES string of the molecule is O/N=c1\cc(-c2cc3c(O)cccc3cn2)oc2ccccc12. The van der Waals surface area contributed by atoms with Crippen molar-refractivity contribution >= 4 is 21.7 Å². The largest absolute Gasteiger partial charge is 0.507 e. The summed E-state index contributed by atoms with van der Waals surface area (Å²) in [7, 11) is 0. The minimum atomic E-state index is 0.180. The number of aromatic nitrogens is 1. The Balaban J connectivity index is 2.01. The highest BCUT2D eigenvalue weighted by Crippen LogP contribution is 2.28. The van der Waals surface area contributed by atoms with Gasteiger partial charge >= 0.3 is 0 Å². The molecule has 0 radical (unpaired) electrons. The van der Waals surface area contributed by atoms with Gasteiger partial charge in [-0.15, -0.1) is 0 Å². The minimum absolute atomic E-state index is 0.180. The molecule has 2 aromatic carbocycles. The molecule has 2 aromatic heterocycles. The maximum absolute atomic E-state index is 10.00. The van der Waals surface area contributed by atoms with Crippen LogP contribution in [0.2, 0.25) is 0 Å². The summed E-state index contributed by atoms with van der Waals surface area (Å²) in [5.41, 5.74) is 1.15. The quantitative estimate of drug-likeness (QED) is 0.415. The van der Waals surface area contributed by atoms with E-state index in [2.05, 4.69) is 10.1 Å². The summed E-state index contributed by atoms with van der Waals surface area (Å²) in [6.07, 6.45) is 1.67. The van der Waals surface area contributed by atoms with Crippen molar-refractivity contribution in [3.8, 4) is 17.2 Å². The normalized spacial score (nSPS) is 12.1. The molecule has 2 N–H and O–H groups in total. The highest BCUT2D eigenvalue weighted by Gasteiger charge is 2.09. The third-order valence-corrected chi connectivity index (χ3v) is 3.75. The summed E-state index contributed by atoms with van der Waals surface area (Å²) in [5, 5.41) is 25.2. The van der Waals surface area contributed by atoms with Crippen molar-refractivity contribution in [1.29, 1.82) is 0 Å². The first-order chi connectivity index (χ1) is 11.3. The first kappa shape index (κ1) is 13.3. The third kappa shape index (κ3) is 2.19. The molecule has 5 nitrogen and oxygen atoms in total. The molecule has 0 aliphatic heterocycles. The van der Waals surface area contributed by atoms with E-state index in [9.17, 15) is 10.3 Å². The first-order valence-electron chi connectivity index (χ1n) is 7.05. The van der Waals surface area contributed by atoms with Crippen LogP contribution in [0.1, 0.15) is 0 Å². The molecule has 0 saturated carbocycles. The van der Waals surface area contributed by atoms with Gasteiger partial charge in [0.2, 0.25) is 0 Å². The Morgan fingerprint density at radius 2 is 1.83 bits per heavy atom. The van der Waals surface area contributed by atoms with Gasteiger partial charge in [0.1, 0.15) is 22.4 Å². The average Bonchev–Trinajstić information content (AvgIpc) is 2.61. The summed E-state index contributed by atoms with van der Waals surface area (Å²) < 4.78 is 5.86. The standard InChI is InChI=1S/C18H12N2O3/c21-16-6-3-4-11-10-19-15(8-13(11)16)18-9-14(20-22)12-5-1-2-7-17(12)23-18/h1-10,21-22H/b20-14+. The van der Waals surface area contributed by atoms with Crippen LogP contribution < -0.4 is 5.36 Å². The fraction of sp³-hybridized carbons (Fsp3) is 0. The molecular weight excluding hydrogens is 292 g/mol. The van der Waals surface area contributed by atoms with E-state index in [-0.39, 0.29) is 5.75 Å². The van der Waals surface area contributed by atoms with Crippen LogP contribution in [0.5, 0.6) is 5.75 Å². The topological polar surface area (TPSA) is 78.9 Å². The van der Waals surface area contributed by atoms with Crippen LogP contribution in [0, 0.1) is 0 Å². The van der Waals surface area contributed by atoms with Gasteiger partial charge in [0.15, 0.2) is 5.76 Å². The number of aromatic hydroxyl groups is 1. The number of rotatable bonds is 1. The maximum Gasteiger partial charge on any atom is 0.155 e.